The van der Waals surface area contributed by atoms with Crippen LogP contribution >= 0.6 is 22.6 Å². The van der Waals surface area contributed by atoms with E-state index in [-0.39, 0.29) is 11.4 Å². The summed E-state index contributed by atoms with van der Waals surface area (Å²) in [6, 6.07) is 6.42. The van der Waals surface area contributed by atoms with Gasteiger partial charge in [0.05, 0.1) is 10.8 Å². The molecule has 0 saturated carbocycles. The van der Waals surface area contributed by atoms with Crippen molar-refractivity contribution in [2.45, 2.75) is 11.8 Å². The summed E-state index contributed by atoms with van der Waals surface area (Å²) >= 11 is 2.08. The molecule has 1 N–H and O–H groups in total. The van der Waals surface area contributed by atoms with Crippen LogP contribution in [-0.4, -0.2) is 37.4 Å². The van der Waals surface area contributed by atoms with Gasteiger partial charge in [-0.05, 0) is 46.9 Å². The Bertz CT molecular complexity index is 526. The zero-order chi connectivity index (χ0) is 13.9. The van der Waals surface area contributed by atoms with Crippen LogP contribution in [0.25, 0.3) is 0 Å². The van der Waals surface area contributed by atoms with E-state index in [0.29, 0.717) is 0 Å². The van der Waals surface area contributed by atoms with Gasteiger partial charge in [-0.1, -0.05) is 6.92 Å². The van der Waals surface area contributed by atoms with Crippen LogP contribution in [0.3, 0.4) is 0 Å². The molecule has 1 rings (SSSR count). The summed E-state index contributed by atoms with van der Waals surface area (Å²) in [6.45, 7) is 1.42. The van der Waals surface area contributed by atoms with E-state index in [1.165, 1.54) is 26.1 Å². The molecule has 0 heterocycles. The second-order valence-electron chi connectivity index (χ2n) is 3.98. The van der Waals surface area contributed by atoms with Crippen LogP contribution in [0.5, 0.6) is 0 Å². The number of carboxylic acid groups (broad SMARTS) is 1. The molecule has 18 heavy (non-hydrogen) atoms. The predicted octanol–water partition coefficient (Wildman–Crippen LogP) is 1.63. The fraction of sp³-hybridized carbons (Fsp3) is 0.364. The highest BCUT2D eigenvalue weighted by atomic mass is 127. The van der Waals surface area contributed by atoms with Gasteiger partial charge in [-0.25, -0.2) is 12.7 Å². The number of aliphatic carboxylic acids is 1. The highest BCUT2D eigenvalue weighted by molar-refractivity contribution is 14.1. The van der Waals surface area contributed by atoms with E-state index < -0.39 is 21.9 Å². The minimum Gasteiger partial charge on any atom is -0.481 e. The zero-order valence-electron chi connectivity index (χ0n) is 10.00. The van der Waals surface area contributed by atoms with Crippen LogP contribution in [0, 0.1) is 9.49 Å². The molecule has 0 spiro atoms. The smallest absolute Gasteiger partial charge is 0.307 e. The Labute approximate surface area is 120 Å². The maximum absolute atomic E-state index is 12.1. The average Bonchev–Trinajstić information content (AvgIpc) is 2.29. The fourth-order valence-corrected chi connectivity index (χ4v) is 2.97. The predicted molar refractivity (Wildman–Crippen MR) is 75.8 cm³/mol. The Morgan fingerprint density at radius 1 is 1.39 bits per heavy atom. The molecule has 100 valence electrons. The Morgan fingerprint density at radius 2 is 1.89 bits per heavy atom. The van der Waals surface area contributed by atoms with Gasteiger partial charge in [0.2, 0.25) is 10.0 Å². The summed E-state index contributed by atoms with van der Waals surface area (Å²) in [5.41, 5.74) is 0. The van der Waals surface area contributed by atoms with Gasteiger partial charge in [0.1, 0.15) is 0 Å². The molecule has 0 bridgehead atoms. The lowest BCUT2D eigenvalue weighted by atomic mass is 10.2. The first-order valence-corrected chi connectivity index (χ1v) is 7.71. The molecule has 1 aromatic carbocycles. The third-order valence-corrected chi connectivity index (χ3v) is 5.03. The molecule has 1 unspecified atom stereocenters. The van der Waals surface area contributed by atoms with Gasteiger partial charge >= 0.3 is 5.97 Å². The molecular formula is C11H14INO4S. The molecule has 0 aliphatic rings. The van der Waals surface area contributed by atoms with Crippen LogP contribution in [0.2, 0.25) is 0 Å². The van der Waals surface area contributed by atoms with E-state index in [0.717, 1.165) is 7.88 Å². The number of rotatable bonds is 5. The number of sulfonamides is 1. The van der Waals surface area contributed by atoms with Crippen molar-refractivity contribution in [3.05, 3.63) is 27.8 Å². The van der Waals surface area contributed by atoms with Crippen molar-refractivity contribution < 1.29 is 18.3 Å². The number of carbonyl (C=O) groups is 1. The lowest BCUT2D eigenvalue weighted by molar-refractivity contribution is -0.141. The molecule has 0 aromatic heterocycles. The van der Waals surface area contributed by atoms with E-state index in [9.17, 15) is 13.2 Å². The number of hydrogen-bond donors (Lipinski definition) is 1. The largest absolute Gasteiger partial charge is 0.481 e. The average molecular weight is 383 g/mol. The SMILES string of the molecule is CC(CN(C)S(=O)(=O)c1ccc(I)cc1)C(=O)O. The second kappa shape index (κ2) is 5.98. The minimum absolute atomic E-state index is 0.0519. The first-order chi connectivity index (χ1) is 8.25. The molecule has 1 aromatic rings. The summed E-state index contributed by atoms with van der Waals surface area (Å²) in [5.74, 6) is -1.76. The number of hydrogen-bond acceptors (Lipinski definition) is 3. The normalized spacial score (nSPS) is 13.6. The standard InChI is InChI=1S/C11H14INO4S/c1-8(11(14)15)7-13(2)18(16,17)10-5-3-9(12)4-6-10/h3-6,8H,7H2,1-2H3,(H,14,15). The lowest BCUT2D eigenvalue weighted by Crippen LogP contribution is -2.33. The molecule has 0 radical (unpaired) electrons. The van der Waals surface area contributed by atoms with Crippen LogP contribution in [0.4, 0.5) is 0 Å². The van der Waals surface area contributed by atoms with Crippen molar-refractivity contribution in [2.75, 3.05) is 13.6 Å². The summed E-state index contributed by atoms with van der Waals surface area (Å²) in [6.07, 6.45) is 0. The molecule has 0 aliphatic carbocycles. The van der Waals surface area contributed by atoms with Crippen molar-refractivity contribution in [3.63, 3.8) is 0 Å². The first-order valence-electron chi connectivity index (χ1n) is 5.20. The van der Waals surface area contributed by atoms with E-state index in [1.807, 2.05) is 0 Å². The molecule has 0 saturated heterocycles. The Kier molecular flexibility index (Phi) is 5.11. The maximum atomic E-state index is 12.1. The quantitative estimate of drug-likeness (QED) is 0.785. The van der Waals surface area contributed by atoms with E-state index in [1.54, 1.807) is 12.1 Å². The Hall–Kier alpha value is -0.670. The molecule has 0 aliphatic heterocycles. The second-order valence-corrected chi connectivity index (χ2v) is 7.27. The van der Waals surface area contributed by atoms with Crippen molar-refractivity contribution in [1.82, 2.24) is 4.31 Å². The molecule has 0 fully saturated rings. The molecule has 7 heteroatoms. The number of halogens is 1. The summed E-state index contributed by atoms with van der Waals surface area (Å²) in [7, 11) is -2.24. The number of nitrogens with zero attached hydrogens (tertiary/aromatic N) is 1. The van der Waals surface area contributed by atoms with Crippen LogP contribution in [0.1, 0.15) is 6.92 Å². The highest BCUT2D eigenvalue weighted by Crippen LogP contribution is 2.17. The monoisotopic (exact) mass is 383 g/mol. The third kappa shape index (κ3) is 3.66. The number of benzene rings is 1. The van der Waals surface area contributed by atoms with Gasteiger partial charge in [0.25, 0.3) is 0 Å². The molecule has 0 amide bonds. The van der Waals surface area contributed by atoms with Gasteiger partial charge in [0, 0.05) is 17.2 Å². The Balaban J connectivity index is 2.93. The topological polar surface area (TPSA) is 74.7 Å². The zero-order valence-corrected chi connectivity index (χ0v) is 13.0. The summed E-state index contributed by atoms with van der Waals surface area (Å²) < 4.78 is 26.3. The maximum Gasteiger partial charge on any atom is 0.307 e. The van der Waals surface area contributed by atoms with Crippen LogP contribution < -0.4 is 0 Å². The highest BCUT2D eigenvalue weighted by Gasteiger charge is 2.24. The van der Waals surface area contributed by atoms with Crippen molar-refractivity contribution in [2.24, 2.45) is 5.92 Å². The van der Waals surface area contributed by atoms with E-state index in [2.05, 4.69) is 22.6 Å². The van der Waals surface area contributed by atoms with Gasteiger partial charge in [-0.3, -0.25) is 4.79 Å². The van der Waals surface area contributed by atoms with Gasteiger partial charge in [-0.15, -0.1) is 0 Å². The van der Waals surface area contributed by atoms with Crippen LogP contribution in [0.15, 0.2) is 29.2 Å². The van der Waals surface area contributed by atoms with E-state index in [4.69, 9.17) is 5.11 Å². The summed E-state index contributed by atoms with van der Waals surface area (Å²) in [4.78, 5) is 10.9. The first kappa shape index (κ1) is 15.4. The van der Waals surface area contributed by atoms with Crippen molar-refractivity contribution in [3.8, 4) is 0 Å². The summed E-state index contributed by atoms with van der Waals surface area (Å²) in [5, 5.41) is 8.78. The third-order valence-electron chi connectivity index (χ3n) is 2.47. The van der Waals surface area contributed by atoms with E-state index >= 15 is 0 Å². The van der Waals surface area contributed by atoms with Gasteiger partial charge in [-0.2, -0.15) is 0 Å². The fourth-order valence-electron chi connectivity index (χ4n) is 1.35. The van der Waals surface area contributed by atoms with Crippen molar-refractivity contribution >= 4 is 38.6 Å². The van der Waals surface area contributed by atoms with Crippen LogP contribution in [-0.2, 0) is 14.8 Å². The molecule has 5 nitrogen and oxygen atoms in total. The lowest BCUT2D eigenvalue weighted by Gasteiger charge is -2.19. The number of carboxylic acids is 1. The Morgan fingerprint density at radius 3 is 2.33 bits per heavy atom. The minimum atomic E-state index is -3.62. The molecular weight excluding hydrogens is 369 g/mol. The van der Waals surface area contributed by atoms with Gasteiger partial charge < -0.3 is 5.11 Å². The van der Waals surface area contributed by atoms with Crippen molar-refractivity contribution in [1.29, 1.82) is 0 Å². The molecule has 1 atom stereocenters. The van der Waals surface area contributed by atoms with Gasteiger partial charge in [0.15, 0.2) is 0 Å².